The van der Waals surface area contributed by atoms with E-state index in [0.717, 1.165) is 6.07 Å². The number of hydrogen-bond donors (Lipinski definition) is 2. The second kappa shape index (κ2) is 6.50. The molecule has 0 bridgehead atoms. The molecule has 25 heavy (non-hydrogen) atoms. The Morgan fingerprint density at radius 1 is 1.12 bits per heavy atom. The number of aromatic amines is 1. The number of alkyl halides is 3. The molecule has 0 aliphatic carbocycles. The van der Waals surface area contributed by atoms with Crippen LogP contribution in [-0.4, -0.2) is 25.1 Å². The minimum atomic E-state index is -4.49. The summed E-state index contributed by atoms with van der Waals surface area (Å²) in [6, 6.07) is 6.90. The van der Waals surface area contributed by atoms with E-state index in [4.69, 9.17) is 0 Å². The Bertz CT molecular complexity index is 888. The molecule has 0 aliphatic rings. The molecule has 3 rings (SSSR count). The highest BCUT2D eigenvalue weighted by atomic mass is 19.4. The van der Waals surface area contributed by atoms with Gasteiger partial charge < -0.3 is 5.32 Å². The van der Waals surface area contributed by atoms with E-state index in [2.05, 4.69) is 30.5 Å². The maximum atomic E-state index is 13.3. The number of aromatic nitrogens is 5. The minimum absolute atomic E-state index is 0.00188. The van der Waals surface area contributed by atoms with Crippen molar-refractivity contribution in [1.29, 1.82) is 0 Å². The first-order valence-electron chi connectivity index (χ1n) is 7.57. The van der Waals surface area contributed by atoms with Gasteiger partial charge in [-0.2, -0.15) is 18.2 Å². The maximum absolute atomic E-state index is 13.3. The van der Waals surface area contributed by atoms with Crippen molar-refractivity contribution in [2.24, 2.45) is 0 Å². The SMILES string of the molecule is CCc1cc(Nc2n[nH]c(C)n2)nc(-c2ccccc2C(F)(F)F)n1. The summed E-state index contributed by atoms with van der Waals surface area (Å²) in [5, 5.41) is 9.50. The van der Waals surface area contributed by atoms with E-state index in [1.54, 1.807) is 13.0 Å². The van der Waals surface area contributed by atoms with Crippen molar-refractivity contribution in [3.63, 3.8) is 0 Å². The standard InChI is InChI=1S/C16H15F3N6/c1-3-10-8-13(23-15-20-9(2)24-25-15)22-14(21-10)11-6-4-5-7-12(11)16(17,18)19/h4-8H,3H2,1-2H3,(H2,20,21,22,23,24,25). The predicted molar refractivity (Wildman–Crippen MR) is 86.3 cm³/mol. The number of halogens is 3. The first-order chi connectivity index (χ1) is 11.9. The average molecular weight is 348 g/mol. The maximum Gasteiger partial charge on any atom is 0.417 e. The quantitative estimate of drug-likeness (QED) is 0.748. The van der Waals surface area contributed by atoms with Gasteiger partial charge in [0.1, 0.15) is 11.6 Å². The third kappa shape index (κ3) is 3.76. The number of aryl methyl sites for hydroxylation is 2. The zero-order valence-corrected chi connectivity index (χ0v) is 13.5. The first kappa shape index (κ1) is 16.9. The van der Waals surface area contributed by atoms with Crippen LogP contribution in [0.4, 0.5) is 24.9 Å². The fourth-order valence-corrected chi connectivity index (χ4v) is 2.30. The fourth-order valence-electron chi connectivity index (χ4n) is 2.30. The van der Waals surface area contributed by atoms with Crippen LogP contribution in [0.1, 0.15) is 24.0 Å². The third-order valence-electron chi connectivity index (χ3n) is 3.45. The van der Waals surface area contributed by atoms with Crippen molar-refractivity contribution in [2.75, 3.05) is 5.32 Å². The summed E-state index contributed by atoms with van der Waals surface area (Å²) in [6.07, 6.45) is -3.94. The zero-order chi connectivity index (χ0) is 18.0. The lowest BCUT2D eigenvalue weighted by molar-refractivity contribution is -0.137. The van der Waals surface area contributed by atoms with Crippen molar-refractivity contribution in [3.8, 4) is 11.4 Å². The molecule has 3 aromatic rings. The Hall–Kier alpha value is -2.97. The largest absolute Gasteiger partial charge is 0.417 e. The summed E-state index contributed by atoms with van der Waals surface area (Å²) in [6.45, 7) is 3.60. The molecule has 0 spiro atoms. The summed E-state index contributed by atoms with van der Waals surface area (Å²) in [5.74, 6) is 1.23. The first-order valence-corrected chi connectivity index (χ1v) is 7.57. The Labute approximate surface area is 141 Å². The monoisotopic (exact) mass is 348 g/mol. The number of anilines is 2. The second-order valence-corrected chi connectivity index (χ2v) is 5.33. The lowest BCUT2D eigenvalue weighted by Crippen LogP contribution is -2.09. The molecule has 130 valence electrons. The van der Waals surface area contributed by atoms with Crippen LogP contribution in [0.5, 0.6) is 0 Å². The van der Waals surface area contributed by atoms with Crippen LogP contribution in [0.2, 0.25) is 0 Å². The molecular weight excluding hydrogens is 333 g/mol. The summed E-state index contributed by atoms with van der Waals surface area (Å²) >= 11 is 0. The molecule has 0 radical (unpaired) electrons. The highest BCUT2D eigenvalue weighted by Gasteiger charge is 2.34. The summed E-state index contributed by atoms with van der Waals surface area (Å²) in [5.41, 5.74) is -0.237. The van der Waals surface area contributed by atoms with E-state index in [0.29, 0.717) is 23.8 Å². The van der Waals surface area contributed by atoms with Crippen LogP contribution in [0, 0.1) is 6.92 Å². The van der Waals surface area contributed by atoms with Gasteiger partial charge in [0, 0.05) is 17.3 Å². The second-order valence-electron chi connectivity index (χ2n) is 5.33. The number of hydrogen-bond acceptors (Lipinski definition) is 5. The fraction of sp³-hybridized carbons (Fsp3) is 0.250. The average Bonchev–Trinajstić information content (AvgIpc) is 2.98. The summed E-state index contributed by atoms with van der Waals surface area (Å²) in [7, 11) is 0. The topological polar surface area (TPSA) is 79.4 Å². The van der Waals surface area contributed by atoms with E-state index in [1.807, 2.05) is 6.92 Å². The highest BCUT2D eigenvalue weighted by Crippen LogP contribution is 2.36. The lowest BCUT2D eigenvalue weighted by atomic mass is 10.1. The van der Waals surface area contributed by atoms with Gasteiger partial charge in [0.25, 0.3) is 0 Å². The number of rotatable bonds is 4. The van der Waals surface area contributed by atoms with Crippen molar-refractivity contribution in [2.45, 2.75) is 26.4 Å². The molecule has 0 saturated heterocycles. The Morgan fingerprint density at radius 2 is 1.88 bits per heavy atom. The van der Waals surface area contributed by atoms with E-state index in [1.165, 1.54) is 18.2 Å². The predicted octanol–water partition coefficient (Wildman–Crippen LogP) is 3.89. The van der Waals surface area contributed by atoms with Crippen molar-refractivity contribution in [1.82, 2.24) is 25.1 Å². The molecule has 0 fully saturated rings. The van der Waals surface area contributed by atoms with Gasteiger partial charge in [0.05, 0.1) is 5.56 Å². The lowest BCUT2D eigenvalue weighted by Gasteiger charge is -2.13. The van der Waals surface area contributed by atoms with Gasteiger partial charge in [-0.25, -0.2) is 9.97 Å². The number of nitrogens with one attached hydrogen (secondary N) is 2. The molecule has 0 saturated carbocycles. The Morgan fingerprint density at radius 3 is 2.52 bits per heavy atom. The Balaban J connectivity index is 2.07. The van der Waals surface area contributed by atoms with Gasteiger partial charge in [-0.3, -0.25) is 5.10 Å². The van der Waals surface area contributed by atoms with Crippen LogP contribution in [0.3, 0.4) is 0 Å². The van der Waals surface area contributed by atoms with Gasteiger partial charge in [0.2, 0.25) is 5.95 Å². The van der Waals surface area contributed by atoms with Gasteiger partial charge in [-0.1, -0.05) is 25.1 Å². The van der Waals surface area contributed by atoms with Crippen LogP contribution in [0.25, 0.3) is 11.4 Å². The molecule has 9 heteroatoms. The molecule has 2 heterocycles. The van der Waals surface area contributed by atoms with E-state index >= 15 is 0 Å². The van der Waals surface area contributed by atoms with Crippen LogP contribution < -0.4 is 5.32 Å². The van der Waals surface area contributed by atoms with Gasteiger partial charge in [-0.05, 0) is 19.4 Å². The van der Waals surface area contributed by atoms with Gasteiger partial charge in [0.15, 0.2) is 5.82 Å². The zero-order valence-electron chi connectivity index (χ0n) is 13.5. The van der Waals surface area contributed by atoms with E-state index in [9.17, 15) is 13.2 Å². The number of H-pyrrole nitrogens is 1. The molecular formula is C16H15F3N6. The van der Waals surface area contributed by atoms with Crippen molar-refractivity contribution >= 4 is 11.8 Å². The molecule has 2 aromatic heterocycles. The van der Waals surface area contributed by atoms with Crippen LogP contribution >= 0.6 is 0 Å². The van der Waals surface area contributed by atoms with E-state index in [-0.39, 0.29) is 17.3 Å². The molecule has 1 aromatic carbocycles. The number of nitrogens with zero attached hydrogens (tertiary/aromatic N) is 4. The van der Waals surface area contributed by atoms with Gasteiger partial charge in [-0.15, -0.1) is 5.10 Å². The smallest absolute Gasteiger partial charge is 0.307 e. The Kier molecular flexibility index (Phi) is 4.39. The van der Waals surface area contributed by atoms with Crippen molar-refractivity contribution in [3.05, 3.63) is 47.4 Å². The molecule has 0 aliphatic heterocycles. The number of benzene rings is 1. The van der Waals surface area contributed by atoms with Crippen molar-refractivity contribution < 1.29 is 13.2 Å². The molecule has 0 unspecified atom stereocenters. The molecule has 6 nitrogen and oxygen atoms in total. The highest BCUT2D eigenvalue weighted by molar-refractivity contribution is 5.64. The minimum Gasteiger partial charge on any atom is -0.307 e. The molecule has 0 amide bonds. The van der Waals surface area contributed by atoms with Crippen LogP contribution in [0.15, 0.2) is 30.3 Å². The normalized spacial score (nSPS) is 11.6. The summed E-state index contributed by atoms with van der Waals surface area (Å²) in [4.78, 5) is 12.6. The summed E-state index contributed by atoms with van der Waals surface area (Å²) < 4.78 is 39.8. The molecule has 2 N–H and O–H groups in total. The molecule has 0 atom stereocenters. The van der Waals surface area contributed by atoms with E-state index < -0.39 is 11.7 Å². The van der Waals surface area contributed by atoms with Gasteiger partial charge >= 0.3 is 6.18 Å². The third-order valence-corrected chi connectivity index (χ3v) is 3.45. The van der Waals surface area contributed by atoms with Crippen LogP contribution in [-0.2, 0) is 12.6 Å².